The highest BCUT2D eigenvalue weighted by atomic mass is 16.5. The second-order valence-corrected chi connectivity index (χ2v) is 8.21. The zero-order valence-electron chi connectivity index (χ0n) is 15.4. The fourth-order valence-electron chi connectivity index (χ4n) is 3.03. The number of nitrogens with zero attached hydrogens (tertiary/aromatic N) is 3. The molecule has 1 fully saturated rings. The molecule has 1 aromatic heterocycles. The van der Waals surface area contributed by atoms with Crippen molar-refractivity contribution in [1.82, 2.24) is 15.0 Å². The summed E-state index contributed by atoms with van der Waals surface area (Å²) < 4.78 is 5.44. The van der Waals surface area contributed by atoms with E-state index in [0.29, 0.717) is 35.9 Å². The van der Waals surface area contributed by atoms with E-state index in [0.717, 1.165) is 13.0 Å². The SMILES string of the molecule is CC1(CN)CCN(C(=O)c2ccccc2-c2nc(C(C)(C)C)no2)C1. The predicted octanol–water partition coefficient (Wildman–Crippen LogP) is 2.85. The van der Waals surface area contributed by atoms with Crippen molar-refractivity contribution in [3.8, 4) is 11.5 Å². The average Bonchev–Trinajstić information content (AvgIpc) is 3.21. The van der Waals surface area contributed by atoms with Crippen molar-refractivity contribution in [2.24, 2.45) is 11.1 Å². The van der Waals surface area contributed by atoms with Crippen molar-refractivity contribution >= 4 is 5.91 Å². The molecular formula is C19H26N4O2. The summed E-state index contributed by atoms with van der Waals surface area (Å²) in [5.41, 5.74) is 6.92. The number of aromatic nitrogens is 2. The Bertz CT molecular complexity index is 778. The lowest BCUT2D eigenvalue weighted by Crippen LogP contribution is -2.34. The highest BCUT2D eigenvalue weighted by molar-refractivity contribution is 6.00. The second kappa shape index (κ2) is 6.26. The van der Waals surface area contributed by atoms with Gasteiger partial charge in [-0.05, 0) is 30.5 Å². The maximum atomic E-state index is 13.0. The maximum absolute atomic E-state index is 13.0. The summed E-state index contributed by atoms with van der Waals surface area (Å²) in [6.07, 6.45) is 0.923. The van der Waals surface area contributed by atoms with E-state index in [1.165, 1.54) is 0 Å². The molecule has 0 saturated carbocycles. The highest BCUT2D eigenvalue weighted by Gasteiger charge is 2.36. The molecule has 6 nitrogen and oxygen atoms in total. The van der Waals surface area contributed by atoms with E-state index >= 15 is 0 Å². The number of nitrogens with two attached hydrogens (primary N) is 1. The van der Waals surface area contributed by atoms with E-state index in [4.69, 9.17) is 10.3 Å². The minimum absolute atomic E-state index is 0.00546. The number of hydrogen-bond acceptors (Lipinski definition) is 5. The van der Waals surface area contributed by atoms with Gasteiger partial charge in [0.2, 0.25) is 0 Å². The van der Waals surface area contributed by atoms with Crippen molar-refractivity contribution < 1.29 is 9.32 Å². The Morgan fingerprint density at radius 2 is 2.08 bits per heavy atom. The molecule has 0 bridgehead atoms. The maximum Gasteiger partial charge on any atom is 0.258 e. The summed E-state index contributed by atoms with van der Waals surface area (Å²) in [6, 6.07) is 7.40. The molecule has 1 aliphatic rings. The van der Waals surface area contributed by atoms with E-state index in [2.05, 4.69) is 17.1 Å². The number of rotatable bonds is 3. The minimum atomic E-state index is -0.210. The summed E-state index contributed by atoms with van der Waals surface area (Å²) in [7, 11) is 0. The number of carbonyl (C=O) groups is 1. The number of likely N-dealkylation sites (tertiary alicyclic amines) is 1. The third kappa shape index (κ3) is 3.44. The second-order valence-electron chi connectivity index (χ2n) is 8.21. The molecule has 25 heavy (non-hydrogen) atoms. The molecule has 0 radical (unpaired) electrons. The molecule has 0 spiro atoms. The van der Waals surface area contributed by atoms with Crippen molar-refractivity contribution in [1.29, 1.82) is 0 Å². The number of amides is 1. The molecule has 2 N–H and O–H groups in total. The predicted molar refractivity (Wildman–Crippen MR) is 96.1 cm³/mol. The molecule has 1 unspecified atom stereocenters. The van der Waals surface area contributed by atoms with Crippen LogP contribution in [0.1, 0.15) is 50.3 Å². The fraction of sp³-hybridized carbons (Fsp3) is 0.526. The lowest BCUT2D eigenvalue weighted by Gasteiger charge is -2.23. The lowest BCUT2D eigenvalue weighted by atomic mass is 9.90. The normalized spacial score (nSPS) is 20.9. The summed E-state index contributed by atoms with van der Waals surface area (Å²) in [6.45, 7) is 10.2. The number of benzene rings is 1. The molecule has 6 heteroatoms. The molecule has 1 saturated heterocycles. The van der Waals surface area contributed by atoms with Crippen LogP contribution in [0.4, 0.5) is 0 Å². The van der Waals surface area contributed by atoms with Crippen molar-refractivity contribution in [3.63, 3.8) is 0 Å². The molecule has 0 aliphatic carbocycles. The molecule has 3 rings (SSSR count). The van der Waals surface area contributed by atoms with Gasteiger partial charge >= 0.3 is 0 Å². The van der Waals surface area contributed by atoms with Gasteiger partial charge in [-0.3, -0.25) is 4.79 Å². The van der Waals surface area contributed by atoms with Crippen LogP contribution >= 0.6 is 0 Å². The fourth-order valence-corrected chi connectivity index (χ4v) is 3.03. The van der Waals surface area contributed by atoms with E-state index < -0.39 is 0 Å². The Morgan fingerprint density at radius 1 is 1.36 bits per heavy atom. The van der Waals surface area contributed by atoms with Crippen LogP contribution in [0, 0.1) is 5.41 Å². The molecule has 134 valence electrons. The van der Waals surface area contributed by atoms with Crippen LogP contribution in [0.25, 0.3) is 11.5 Å². The van der Waals surface area contributed by atoms with Crippen LogP contribution in [0.15, 0.2) is 28.8 Å². The van der Waals surface area contributed by atoms with Gasteiger partial charge in [0.05, 0.1) is 11.1 Å². The van der Waals surface area contributed by atoms with Gasteiger partial charge in [0.1, 0.15) is 0 Å². The first-order valence-electron chi connectivity index (χ1n) is 8.66. The zero-order chi connectivity index (χ0) is 18.2. The van der Waals surface area contributed by atoms with Gasteiger partial charge in [0.15, 0.2) is 5.82 Å². The highest BCUT2D eigenvalue weighted by Crippen LogP contribution is 2.32. The van der Waals surface area contributed by atoms with Gasteiger partial charge in [0, 0.05) is 18.5 Å². The smallest absolute Gasteiger partial charge is 0.258 e. The lowest BCUT2D eigenvalue weighted by molar-refractivity contribution is 0.0777. The van der Waals surface area contributed by atoms with Crippen molar-refractivity contribution in [2.45, 2.75) is 39.5 Å². The molecule has 1 aromatic carbocycles. The van der Waals surface area contributed by atoms with Gasteiger partial charge in [-0.15, -0.1) is 0 Å². The Hall–Kier alpha value is -2.21. The Balaban J connectivity index is 1.92. The Morgan fingerprint density at radius 3 is 2.68 bits per heavy atom. The van der Waals surface area contributed by atoms with Gasteiger partial charge < -0.3 is 15.2 Å². The third-order valence-corrected chi connectivity index (χ3v) is 4.82. The van der Waals surface area contributed by atoms with Gasteiger partial charge in [-0.2, -0.15) is 4.98 Å². The average molecular weight is 342 g/mol. The monoisotopic (exact) mass is 342 g/mol. The summed E-state index contributed by atoms with van der Waals surface area (Å²) in [5, 5.41) is 4.07. The summed E-state index contributed by atoms with van der Waals surface area (Å²) in [4.78, 5) is 19.4. The van der Waals surface area contributed by atoms with Crippen molar-refractivity contribution in [3.05, 3.63) is 35.7 Å². The van der Waals surface area contributed by atoms with Crippen molar-refractivity contribution in [2.75, 3.05) is 19.6 Å². The van der Waals surface area contributed by atoms with Crippen LogP contribution in [0.2, 0.25) is 0 Å². The van der Waals surface area contributed by atoms with Crippen LogP contribution in [-0.2, 0) is 5.41 Å². The quantitative estimate of drug-likeness (QED) is 0.927. The largest absolute Gasteiger partial charge is 0.338 e. The Labute approximate surface area is 148 Å². The Kier molecular flexibility index (Phi) is 4.41. The first-order valence-corrected chi connectivity index (χ1v) is 8.66. The molecule has 1 atom stereocenters. The number of carbonyl (C=O) groups excluding carboxylic acids is 1. The molecule has 1 amide bonds. The molecular weight excluding hydrogens is 316 g/mol. The first kappa shape index (κ1) is 17.6. The summed E-state index contributed by atoms with van der Waals surface area (Å²) >= 11 is 0. The van der Waals surface area contributed by atoms with E-state index in [1.54, 1.807) is 0 Å². The van der Waals surface area contributed by atoms with Crippen LogP contribution < -0.4 is 5.73 Å². The summed E-state index contributed by atoms with van der Waals surface area (Å²) in [5.74, 6) is 1.000. The van der Waals surface area contributed by atoms with Gasteiger partial charge in [-0.1, -0.05) is 45.0 Å². The molecule has 2 heterocycles. The number of hydrogen-bond donors (Lipinski definition) is 1. The topological polar surface area (TPSA) is 85.2 Å². The van der Waals surface area contributed by atoms with Crippen LogP contribution in [0.5, 0.6) is 0 Å². The van der Waals surface area contributed by atoms with Gasteiger partial charge in [0.25, 0.3) is 11.8 Å². The molecule has 1 aliphatic heterocycles. The molecule has 2 aromatic rings. The third-order valence-electron chi connectivity index (χ3n) is 4.82. The standard InChI is InChI=1S/C19H26N4O2/c1-18(2,3)17-21-15(25-22-17)13-7-5-6-8-14(13)16(24)23-10-9-19(4,11-20)12-23/h5-8H,9-12,20H2,1-4H3. The first-order chi connectivity index (χ1) is 11.7. The van der Waals surface area contributed by atoms with Crippen LogP contribution in [-0.4, -0.2) is 40.6 Å². The minimum Gasteiger partial charge on any atom is -0.338 e. The van der Waals surface area contributed by atoms with E-state index in [-0.39, 0.29) is 16.7 Å². The van der Waals surface area contributed by atoms with Gasteiger partial charge in [-0.25, -0.2) is 0 Å². The zero-order valence-corrected chi connectivity index (χ0v) is 15.4. The van der Waals surface area contributed by atoms with E-state index in [9.17, 15) is 4.79 Å². The van der Waals surface area contributed by atoms with E-state index in [1.807, 2.05) is 49.9 Å². The van der Waals surface area contributed by atoms with Crippen LogP contribution in [0.3, 0.4) is 0 Å².